The van der Waals surface area contributed by atoms with Crippen LogP contribution in [0.25, 0.3) is 11.2 Å². The molecule has 15 heteroatoms. The molecular weight excluding hydrogens is 472 g/mol. The normalized spacial score (nSPS) is 22.9. The summed E-state index contributed by atoms with van der Waals surface area (Å²) in [5.74, 6) is -1.21. The van der Waals surface area contributed by atoms with E-state index in [9.17, 15) is 28.5 Å². The van der Waals surface area contributed by atoms with Gasteiger partial charge < -0.3 is 24.8 Å². The van der Waals surface area contributed by atoms with E-state index in [-0.39, 0.29) is 22.8 Å². The van der Waals surface area contributed by atoms with Crippen LogP contribution in [0.2, 0.25) is 0 Å². The van der Waals surface area contributed by atoms with Gasteiger partial charge in [-0.1, -0.05) is 12.1 Å². The third kappa shape index (κ3) is 4.26. The number of nitrogens with zero attached hydrogens (tertiary/aromatic N) is 5. The molecule has 1 saturated heterocycles. The quantitative estimate of drug-likeness (QED) is 0.308. The largest absolute Gasteiger partial charge is 0.507 e. The Balaban J connectivity index is 1.49. The van der Waals surface area contributed by atoms with Crippen molar-refractivity contribution in [3.05, 3.63) is 42.5 Å². The maximum atomic E-state index is 12.6. The minimum atomic E-state index is -4.37. The van der Waals surface area contributed by atoms with Gasteiger partial charge in [0.15, 0.2) is 17.4 Å². The molecule has 1 fully saturated rings. The molecule has 3 aromatic rings. The Morgan fingerprint density at radius 2 is 1.97 bits per heavy atom. The third-order valence-corrected chi connectivity index (χ3v) is 6.76. The molecule has 0 spiro atoms. The molecule has 0 saturated carbocycles. The number of aliphatic hydroxyl groups is 2. The number of para-hydroxylation sites is 1. The standard InChI is InChI=1S/C19H22N6O8S/c1-24(34(30,31)23-17(29)10-5-3-4-6-11(10)26)7-12-14(27)15(28)19(33-12)25-9-22-13-16(25)20-8-21-18(13)32-2/h3-6,8-9,12,14-15,19,26-28H,7H2,1-2H3,(H,23,29)/t12-,14-,15-,19-/m1/s1. The van der Waals surface area contributed by atoms with Crippen LogP contribution in [0.5, 0.6) is 11.6 Å². The van der Waals surface area contributed by atoms with Gasteiger partial charge in [0.05, 0.1) is 19.0 Å². The van der Waals surface area contributed by atoms with Crippen molar-refractivity contribution in [3.63, 3.8) is 0 Å². The van der Waals surface area contributed by atoms with E-state index in [4.69, 9.17) is 9.47 Å². The number of rotatable bonds is 7. The lowest BCUT2D eigenvalue weighted by atomic mass is 10.1. The fraction of sp³-hybridized carbons (Fsp3) is 0.368. The predicted octanol–water partition coefficient (Wildman–Crippen LogP) is -1.23. The molecule has 2 aromatic heterocycles. The zero-order valence-corrected chi connectivity index (χ0v) is 18.8. The maximum absolute atomic E-state index is 12.6. The molecule has 1 amide bonds. The van der Waals surface area contributed by atoms with E-state index >= 15 is 0 Å². The molecule has 0 aliphatic carbocycles. The number of hydrogen-bond acceptors (Lipinski definition) is 11. The van der Waals surface area contributed by atoms with E-state index in [1.54, 1.807) is 0 Å². The Morgan fingerprint density at radius 3 is 2.68 bits per heavy atom. The summed E-state index contributed by atoms with van der Waals surface area (Å²) in [5.41, 5.74) is 0.362. The van der Waals surface area contributed by atoms with E-state index in [0.717, 1.165) is 4.31 Å². The minimum absolute atomic E-state index is 0.208. The highest BCUT2D eigenvalue weighted by atomic mass is 32.2. The average molecular weight is 494 g/mol. The molecule has 34 heavy (non-hydrogen) atoms. The summed E-state index contributed by atoms with van der Waals surface area (Å²) < 4.78 is 40.1. The number of phenols is 1. The number of likely N-dealkylation sites (N-methyl/N-ethyl adjacent to an activating group) is 1. The van der Waals surface area contributed by atoms with Crippen LogP contribution in [0.4, 0.5) is 0 Å². The number of ether oxygens (including phenoxy) is 2. The topological polar surface area (TPSA) is 189 Å². The molecular formula is C19H22N6O8S. The molecule has 182 valence electrons. The second-order valence-electron chi connectivity index (χ2n) is 7.49. The second-order valence-corrected chi connectivity index (χ2v) is 9.26. The Bertz CT molecular complexity index is 1320. The Hall–Kier alpha value is -3.37. The summed E-state index contributed by atoms with van der Waals surface area (Å²) in [6, 6.07) is 5.46. The number of aromatic hydroxyl groups is 1. The van der Waals surface area contributed by atoms with Crippen LogP contribution < -0.4 is 9.46 Å². The first-order valence-corrected chi connectivity index (χ1v) is 11.4. The molecule has 0 bridgehead atoms. The van der Waals surface area contributed by atoms with Crippen molar-refractivity contribution < 1.29 is 38.0 Å². The number of phenolic OH excluding ortho intramolecular Hbond substituents is 1. The minimum Gasteiger partial charge on any atom is -0.507 e. The molecule has 4 rings (SSSR count). The number of aliphatic hydroxyl groups excluding tert-OH is 2. The summed E-state index contributed by atoms with van der Waals surface area (Å²) in [7, 11) is -1.79. The first kappa shape index (κ1) is 23.8. The Kier molecular flexibility index (Phi) is 6.37. The number of fused-ring (bicyclic) bond motifs is 1. The molecule has 0 unspecified atom stereocenters. The van der Waals surface area contributed by atoms with Gasteiger partial charge in [-0.2, -0.15) is 17.7 Å². The van der Waals surface area contributed by atoms with Crippen molar-refractivity contribution in [2.24, 2.45) is 0 Å². The lowest BCUT2D eigenvalue weighted by Gasteiger charge is -2.22. The molecule has 3 heterocycles. The Morgan fingerprint density at radius 1 is 1.24 bits per heavy atom. The van der Waals surface area contributed by atoms with Gasteiger partial charge in [-0.15, -0.1) is 0 Å². The second kappa shape index (κ2) is 9.11. The van der Waals surface area contributed by atoms with Gasteiger partial charge in [-0.3, -0.25) is 9.36 Å². The summed E-state index contributed by atoms with van der Waals surface area (Å²) in [5, 5.41) is 30.8. The van der Waals surface area contributed by atoms with Crippen molar-refractivity contribution in [2.75, 3.05) is 20.7 Å². The highest BCUT2D eigenvalue weighted by Crippen LogP contribution is 2.33. The molecule has 14 nitrogen and oxygen atoms in total. The number of methoxy groups -OCH3 is 1. The molecule has 1 aliphatic rings. The molecule has 0 radical (unpaired) electrons. The van der Waals surface area contributed by atoms with E-state index in [1.807, 2.05) is 4.72 Å². The van der Waals surface area contributed by atoms with Crippen LogP contribution >= 0.6 is 0 Å². The lowest BCUT2D eigenvalue weighted by Crippen LogP contribution is -2.46. The van der Waals surface area contributed by atoms with Gasteiger partial charge in [0.25, 0.3) is 5.91 Å². The zero-order chi connectivity index (χ0) is 24.6. The molecule has 1 aliphatic heterocycles. The number of aromatic nitrogens is 4. The maximum Gasteiger partial charge on any atom is 0.303 e. The number of nitrogens with one attached hydrogen (secondary N) is 1. The number of imidazole rings is 1. The summed E-state index contributed by atoms with van der Waals surface area (Å²) in [6.07, 6.45) is -2.60. The first-order valence-electron chi connectivity index (χ1n) is 9.93. The van der Waals surface area contributed by atoms with Gasteiger partial charge in [-0.05, 0) is 12.1 Å². The number of benzene rings is 1. The zero-order valence-electron chi connectivity index (χ0n) is 18.0. The SMILES string of the molecule is COc1ncnc2c1ncn2[C@@H]1O[C@H](CN(C)S(=O)(=O)NC(=O)c2ccccc2O)[C@@H](O)[C@H]1O. The van der Waals surface area contributed by atoms with Gasteiger partial charge in [0, 0.05) is 13.6 Å². The van der Waals surface area contributed by atoms with Gasteiger partial charge in [0.1, 0.15) is 30.4 Å². The van der Waals surface area contributed by atoms with Crippen LogP contribution in [0, 0.1) is 0 Å². The van der Waals surface area contributed by atoms with Crippen LogP contribution in [-0.4, -0.2) is 92.5 Å². The van der Waals surface area contributed by atoms with Crippen LogP contribution in [0.15, 0.2) is 36.9 Å². The molecule has 1 aromatic carbocycles. The summed E-state index contributed by atoms with van der Waals surface area (Å²) >= 11 is 0. The number of hydrogen-bond donors (Lipinski definition) is 4. The van der Waals surface area contributed by atoms with Gasteiger partial charge in [-0.25, -0.2) is 14.7 Å². The van der Waals surface area contributed by atoms with Gasteiger partial charge in [0.2, 0.25) is 5.88 Å². The highest BCUT2D eigenvalue weighted by Gasteiger charge is 2.45. The number of amides is 1. The summed E-state index contributed by atoms with van der Waals surface area (Å²) in [4.78, 5) is 24.5. The number of carbonyl (C=O) groups is 1. The predicted molar refractivity (Wildman–Crippen MR) is 115 cm³/mol. The van der Waals surface area contributed by atoms with E-state index < -0.39 is 47.2 Å². The van der Waals surface area contributed by atoms with Crippen LogP contribution in [0.1, 0.15) is 16.6 Å². The highest BCUT2D eigenvalue weighted by molar-refractivity contribution is 7.87. The van der Waals surface area contributed by atoms with Crippen molar-refractivity contribution in [3.8, 4) is 11.6 Å². The number of carbonyl (C=O) groups excluding carboxylic acids is 1. The molecule has 4 atom stereocenters. The van der Waals surface area contributed by atoms with Crippen molar-refractivity contribution >= 4 is 27.3 Å². The first-order chi connectivity index (χ1) is 16.1. The van der Waals surface area contributed by atoms with Crippen LogP contribution in [-0.2, 0) is 14.9 Å². The molecule has 4 N–H and O–H groups in total. The average Bonchev–Trinajstić information content (AvgIpc) is 3.35. The fourth-order valence-electron chi connectivity index (χ4n) is 3.54. The van der Waals surface area contributed by atoms with Crippen molar-refractivity contribution in [2.45, 2.75) is 24.5 Å². The fourth-order valence-corrected chi connectivity index (χ4v) is 4.39. The summed E-state index contributed by atoms with van der Waals surface area (Å²) in [6.45, 7) is -0.400. The van der Waals surface area contributed by atoms with Crippen molar-refractivity contribution in [1.82, 2.24) is 28.5 Å². The van der Waals surface area contributed by atoms with Crippen LogP contribution in [0.3, 0.4) is 0 Å². The Labute approximate surface area is 193 Å². The monoisotopic (exact) mass is 494 g/mol. The van der Waals surface area contributed by atoms with E-state index in [0.29, 0.717) is 5.52 Å². The van der Waals surface area contributed by atoms with E-state index in [1.165, 1.54) is 55.6 Å². The van der Waals surface area contributed by atoms with Crippen molar-refractivity contribution in [1.29, 1.82) is 0 Å². The third-order valence-electron chi connectivity index (χ3n) is 5.35. The lowest BCUT2D eigenvalue weighted by molar-refractivity contribution is -0.0377. The smallest absolute Gasteiger partial charge is 0.303 e. The van der Waals surface area contributed by atoms with E-state index in [2.05, 4.69) is 15.0 Å². The van der Waals surface area contributed by atoms with Gasteiger partial charge >= 0.3 is 10.2 Å².